The second-order valence-electron chi connectivity index (χ2n) is 6.05. The van der Waals surface area contributed by atoms with Gasteiger partial charge in [0.05, 0.1) is 22.4 Å². The molecule has 3 aromatic rings. The molecule has 0 aromatic carbocycles. The molecule has 0 radical (unpaired) electrons. The average molecular weight is 355 g/mol. The molecule has 8 heteroatoms. The van der Waals surface area contributed by atoms with Gasteiger partial charge in [-0.05, 0) is 30.0 Å². The zero-order valence-electron chi connectivity index (χ0n) is 13.6. The van der Waals surface area contributed by atoms with E-state index < -0.39 is 6.10 Å². The van der Waals surface area contributed by atoms with Crippen molar-refractivity contribution >= 4 is 33.4 Å². The number of aliphatic hydroxyl groups is 1. The number of amides is 1. The highest BCUT2D eigenvalue weighted by Crippen LogP contribution is 2.27. The van der Waals surface area contributed by atoms with E-state index in [0.717, 1.165) is 15.8 Å². The van der Waals surface area contributed by atoms with Crippen molar-refractivity contribution in [2.24, 2.45) is 0 Å². The molecule has 128 valence electrons. The molecule has 1 amide bonds. The van der Waals surface area contributed by atoms with Crippen LogP contribution in [0.3, 0.4) is 0 Å². The molecular weight excluding hydrogens is 338 g/mol. The predicted octanol–water partition coefficient (Wildman–Crippen LogP) is 2.08. The summed E-state index contributed by atoms with van der Waals surface area (Å²) in [5.74, 6) is 0.240. The number of aliphatic hydroxyl groups excluding tert-OH is 1. The zero-order valence-corrected chi connectivity index (χ0v) is 14.4. The molecule has 7 nitrogen and oxygen atoms in total. The van der Waals surface area contributed by atoms with Crippen molar-refractivity contribution < 1.29 is 9.90 Å². The molecule has 0 unspecified atom stereocenters. The molecule has 0 saturated carbocycles. The van der Waals surface area contributed by atoms with Crippen LogP contribution in [0.4, 0.5) is 5.95 Å². The van der Waals surface area contributed by atoms with Gasteiger partial charge < -0.3 is 15.3 Å². The highest BCUT2D eigenvalue weighted by molar-refractivity contribution is 7.17. The average Bonchev–Trinajstić information content (AvgIpc) is 3.07. The topological polar surface area (TPSA) is 91.2 Å². The summed E-state index contributed by atoms with van der Waals surface area (Å²) < 4.78 is 0.769. The number of β-amino-alcohol motifs (C(OH)–C–C–N with tert-alkyl or cyclic N) is 1. The van der Waals surface area contributed by atoms with Gasteiger partial charge in [-0.3, -0.25) is 9.78 Å². The normalized spacial score (nSPS) is 15.8. The SMILES string of the molecule is C[C@H](Nc1nc(C(=O)N2CC(O)C2)c2sccc2n1)c1cccnc1. The number of nitrogens with one attached hydrogen (secondary N) is 1. The molecule has 4 heterocycles. The van der Waals surface area contributed by atoms with E-state index in [1.54, 1.807) is 17.3 Å². The fraction of sp³-hybridized carbons (Fsp3) is 0.294. The molecule has 1 saturated heterocycles. The Morgan fingerprint density at radius 2 is 2.24 bits per heavy atom. The third-order valence-corrected chi connectivity index (χ3v) is 5.10. The summed E-state index contributed by atoms with van der Waals surface area (Å²) >= 11 is 1.45. The van der Waals surface area contributed by atoms with Crippen LogP contribution in [0.1, 0.15) is 29.0 Å². The van der Waals surface area contributed by atoms with Gasteiger partial charge in [0.2, 0.25) is 5.95 Å². The zero-order chi connectivity index (χ0) is 17.4. The lowest BCUT2D eigenvalue weighted by Crippen LogP contribution is -2.53. The van der Waals surface area contributed by atoms with Crippen molar-refractivity contribution in [1.82, 2.24) is 19.9 Å². The number of hydrogen-bond donors (Lipinski definition) is 2. The minimum absolute atomic E-state index is 0.0430. The third kappa shape index (κ3) is 3.06. The monoisotopic (exact) mass is 355 g/mol. The Morgan fingerprint density at radius 3 is 2.96 bits per heavy atom. The molecule has 0 spiro atoms. The lowest BCUT2D eigenvalue weighted by molar-refractivity contribution is 0.00567. The van der Waals surface area contributed by atoms with Gasteiger partial charge in [-0.25, -0.2) is 9.97 Å². The van der Waals surface area contributed by atoms with E-state index in [9.17, 15) is 9.90 Å². The van der Waals surface area contributed by atoms with E-state index in [0.29, 0.717) is 24.7 Å². The van der Waals surface area contributed by atoms with Crippen LogP contribution in [-0.2, 0) is 0 Å². The highest BCUT2D eigenvalue weighted by Gasteiger charge is 2.32. The first-order valence-electron chi connectivity index (χ1n) is 8.01. The minimum atomic E-state index is -0.437. The summed E-state index contributed by atoms with van der Waals surface area (Å²) in [6.07, 6.45) is 3.07. The standard InChI is InChI=1S/C17H17N5O2S/c1-10(11-3-2-5-18-7-11)19-17-20-13-4-6-25-15(13)14(21-17)16(24)22-8-12(23)9-22/h2-7,10,12,23H,8-9H2,1H3,(H,19,20,21)/t10-/m0/s1. The van der Waals surface area contributed by atoms with E-state index in [1.165, 1.54) is 11.3 Å². The van der Waals surface area contributed by atoms with Gasteiger partial charge in [-0.1, -0.05) is 6.07 Å². The van der Waals surface area contributed by atoms with E-state index in [2.05, 4.69) is 20.3 Å². The Bertz CT molecular complexity index is 908. The summed E-state index contributed by atoms with van der Waals surface area (Å²) in [5, 5.41) is 14.6. The van der Waals surface area contributed by atoms with Gasteiger partial charge in [-0.15, -0.1) is 11.3 Å². The van der Waals surface area contributed by atoms with Crippen molar-refractivity contribution in [3.63, 3.8) is 0 Å². The number of hydrogen-bond acceptors (Lipinski definition) is 7. The summed E-state index contributed by atoms with van der Waals surface area (Å²) in [7, 11) is 0. The van der Waals surface area contributed by atoms with Crippen molar-refractivity contribution in [2.45, 2.75) is 19.1 Å². The first-order valence-corrected chi connectivity index (χ1v) is 8.89. The number of carbonyl (C=O) groups is 1. The maximum Gasteiger partial charge on any atom is 0.274 e. The Labute approximate surface area is 148 Å². The molecule has 1 atom stereocenters. The number of pyridine rings is 1. The van der Waals surface area contributed by atoms with Gasteiger partial charge in [0.25, 0.3) is 5.91 Å². The Balaban J connectivity index is 1.65. The van der Waals surface area contributed by atoms with Crippen LogP contribution in [-0.4, -0.2) is 50.1 Å². The molecule has 1 aliphatic rings. The number of aromatic nitrogens is 3. The second kappa shape index (κ2) is 6.38. The Hall–Kier alpha value is -2.58. The van der Waals surface area contributed by atoms with Crippen molar-refractivity contribution in [3.05, 3.63) is 47.2 Å². The smallest absolute Gasteiger partial charge is 0.274 e. The van der Waals surface area contributed by atoms with Crippen LogP contribution in [0.2, 0.25) is 0 Å². The van der Waals surface area contributed by atoms with E-state index in [-0.39, 0.29) is 11.9 Å². The third-order valence-electron chi connectivity index (χ3n) is 4.19. The quantitative estimate of drug-likeness (QED) is 0.744. The number of anilines is 1. The highest BCUT2D eigenvalue weighted by atomic mass is 32.1. The summed E-state index contributed by atoms with van der Waals surface area (Å²) in [4.78, 5) is 27.4. The van der Waals surface area contributed by atoms with Crippen molar-refractivity contribution in [3.8, 4) is 0 Å². The fourth-order valence-electron chi connectivity index (χ4n) is 2.75. The van der Waals surface area contributed by atoms with Gasteiger partial charge in [0, 0.05) is 25.5 Å². The van der Waals surface area contributed by atoms with E-state index in [1.807, 2.05) is 30.5 Å². The van der Waals surface area contributed by atoms with Crippen LogP contribution in [0.5, 0.6) is 0 Å². The van der Waals surface area contributed by atoms with Gasteiger partial charge >= 0.3 is 0 Å². The van der Waals surface area contributed by atoms with Gasteiger partial charge in [0.1, 0.15) is 0 Å². The molecule has 1 aliphatic heterocycles. The minimum Gasteiger partial charge on any atom is -0.389 e. The molecule has 25 heavy (non-hydrogen) atoms. The van der Waals surface area contributed by atoms with E-state index in [4.69, 9.17) is 0 Å². The van der Waals surface area contributed by atoms with E-state index >= 15 is 0 Å². The number of fused-ring (bicyclic) bond motifs is 1. The van der Waals surface area contributed by atoms with Crippen LogP contribution >= 0.6 is 11.3 Å². The molecule has 0 aliphatic carbocycles. The number of nitrogens with zero attached hydrogens (tertiary/aromatic N) is 4. The van der Waals surface area contributed by atoms with Crippen LogP contribution < -0.4 is 5.32 Å². The molecule has 1 fully saturated rings. The van der Waals surface area contributed by atoms with Crippen molar-refractivity contribution in [2.75, 3.05) is 18.4 Å². The first-order chi connectivity index (χ1) is 12.1. The van der Waals surface area contributed by atoms with Crippen LogP contribution in [0.15, 0.2) is 36.0 Å². The number of thiophene rings is 1. The Kier molecular flexibility index (Phi) is 4.06. The molecular formula is C17H17N5O2S. The molecule has 3 aromatic heterocycles. The second-order valence-corrected chi connectivity index (χ2v) is 6.96. The summed E-state index contributed by atoms with van der Waals surface area (Å²) in [5.41, 5.74) is 2.13. The van der Waals surface area contributed by atoms with Gasteiger partial charge in [0.15, 0.2) is 5.69 Å². The van der Waals surface area contributed by atoms with Crippen LogP contribution in [0.25, 0.3) is 10.2 Å². The maximum absolute atomic E-state index is 12.7. The summed E-state index contributed by atoms with van der Waals surface area (Å²) in [6, 6.07) is 5.68. The number of rotatable bonds is 4. The van der Waals surface area contributed by atoms with Crippen molar-refractivity contribution in [1.29, 1.82) is 0 Å². The molecule has 2 N–H and O–H groups in total. The van der Waals surface area contributed by atoms with Crippen LogP contribution in [0, 0.1) is 0 Å². The Morgan fingerprint density at radius 1 is 1.40 bits per heavy atom. The van der Waals surface area contributed by atoms with Gasteiger partial charge in [-0.2, -0.15) is 0 Å². The fourth-order valence-corrected chi connectivity index (χ4v) is 3.57. The maximum atomic E-state index is 12.7. The molecule has 4 rings (SSSR count). The lowest BCUT2D eigenvalue weighted by Gasteiger charge is -2.35. The largest absolute Gasteiger partial charge is 0.389 e. The number of likely N-dealkylation sites (tertiary alicyclic amines) is 1. The first kappa shape index (κ1) is 15.9. The molecule has 0 bridgehead atoms. The summed E-state index contributed by atoms with van der Waals surface area (Å²) in [6.45, 7) is 2.70. The predicted molar refractivity (Wildman–Crippen MR) is 95.6 cm³/mol. The lowest BCUT2D eigenvalue weighted by atomic mass is 10.1. The number of carbonyl (C=O) groups excluding carboxylic acids is 1.